The van der Waals surface area contributed by atoms with Gasteiger partial charge in [-0.15, -0.1) is 0 Å². The van der Waals surface area contributed by atoms with Crippen LogP contribution >= 0.6 is 0 Å². The molecule has 104 valence electrons. The van der Waals surface area contributed by atoms with E-state index in [1.807, 2.05) is 0 Å². The number of nitrogens with zero attached hydrogens (tertiary/aromatic N) is 1. The van der Waals surface area contributed by atoms with Gasteiger partial charge in [0.05, 0.1) is 0 Å². The Balaban J connectivity index is 2.06. The van der Waals surface area contributed by atoms with Crippen molar-refractivity contribution in [2.45, 2.75) is 37.7 Å². The standard InChI is InChI=1S/C11H16F4N2O/c12-9(13)11(14,15)10(18)17-4-6-2-1-3-8(16)7(6)5-17/h6-9H,1-5,16H2. The minimum absolute atomic E-state index is 0.0313. The summed E-state index contributed by atoms with van der Waals surface area (Å²) in [6.07, 6.45) is -1.44. The maximum atomic E-state index is 13.0. The second-order valence-electron chi connectivity index (χ2n) is 5.15. The van der Waals surface area contributed by atoms with Crippen molar-refractivity contribution >= 4 is 5.91 Å². The van der Waals surface area contributed by atoms with Crippen molar-refractivity contribution in [3.05, 3.63) is 0 Å². The summed E-state index contributed by atoms with van der Waals surface area (Å²) in [6, 6.07) is -0.123. The fourth-order valence-corrected chi connectivity index (χ4v) is 2.99. The predicted octanol–water partition coefficient (Wildman–Crippen LogP) is 1.47. The van der Waals surface area contributed by atoms with Crippen LogP contribution in [0.25, 0.3) is 0 Å². The lowest BCUT2D eigenvalue weighted by atomic mass is 9.78. The van der Waals surface area contributed by atoms with Gasteiger partial charge >= 0.3 is 12.3 Å². The largest absolute Gasteiger partial charge is 0.383 e. The van der Waals surface area contributed by atoms with Gasteiger partial charge in [0.25, 0.3) is 5.91 Å². The van der Waals surface area contributed by atoms with Gasteiger partial charge < -0.3 is 10.6 Å². The van der Waals surface area contributed by atoms with Crippen LogP contribution in [0.4, 0.5) is 17.6 Å². The third-order valence-corrected chi connectivity index (χ3v) is 4.00. The molecule has 18 heavy (non-hydrogen) atoms. The molecule has 2 rings (SSSR count). The first-order chi connectivity index (χ1) is 8.34. The number of amides is 1. The Hall–Kier alpha value is -0.850. The van der Waals surface area contributed by atoms with Crippen LogP contribution in [0.1, 0.15) is 19.3 Å². The Morgan fingerprint density at radius 1 is 1.28 bits per heavy atom. The zero-order chi connectivity index (χ0) is 13.5. The minimum atomic E-state index is -4.59. The first-order valence-corrected chi connectivity index (χ1v) is 6.05. The second kappa shape index (κ2) is 4.68. The molecule has 1 heterocycles. The number of carbonyl (C=O) groups excluding carboxylic acids is 1. The Kier molecular flexibility index (Phi) is 3.53. The van der Waals surface area contributed by atoms with Crippen LogP contribution in [0.3, 0.4) is 0 Å². The molecule has 2 aliphatic rings. The highest BCUT2D eigenvalue weighted by Gasteiger charge is 2.53. The van der Waals surface area contributed by atoms with Crippen LogP contribution in [0.15, 0.2) is 0 Å². The van der Waals surface area contributed by atoms with E-state index in [2.05, 4.69) is 0 Å². The third kappa shape index (κ3) is 2.20. The third-order valence-electron chi connectivity index (χ3n) is 4.00. The highest BCUT2D eigenvalue weighted by atomic mass is 19.3. The Morgan fingerprint density at radius 3 is 2.50 bits per heavy atom. The fourth-order valence-electron chi connectivity index (χ4n) is 2.99. The van der Waals surface area contributed by atoms with Crippen molar-refractivity contribution in [3.8, 4) is 0 Å². The first-order valence-electron chi connectivity index (χ1n) is 6.05. The number of hydrogen-bond acceptors (Lipinski definition) is 2. The van der Waals surface area contributed by atoms with E-state index < -0.39 is 18.3 Å². The number of rotatable bonds is 2. The number of alkyl halides is 4. The average molecular weight is 268 g/mol. The zero-order valence-corrected chi connectivity index (χ0v) is 9.79. The van der Waals surface area contributed by atoms with E-state index in [0.717, 1.165) is 24.2 Å². The molecule has 3 nitrogen and oxygen atoms in total. The van der Waals surface area contributed by atoms with Gasteiger partial charge in [-0.2, -0.15) is 8.78 Å². The normalized spacial score (nSPS) is 32.8. The molecule has 0 aromatic rings. The maximum absolute atomic E-state index is 13.0. The van der Waals surface area contributed by atoms with Crippen LogP contribution in [0.2, 0.25) is 0 Å². The van der Waals surface area contributed by atoms with E-state index in [4.69, 9.17) is 5.73 Å². The number of nitrogens with two attached hydrogens (primary N) is 1. The lowest BCUT2D eigenvalue weighted by Crippen LogP contribution is -2.47. The summed E-state index contributed by atoms with van der Waals surface area (Å²) in [5.41, 5.74) is 5.88. The van der Waals surface area contributed by atoms with E-state index in [0.29, 0.717) is 0 Å². The van der Waals surface area contributed by atoms with Crippen molar-refractivity contribution in [2.75, 3.05) is 13.1 Å². The molecule has 0 aromatic heterocycles. The molecule has 2 fully saturated rings. The number of halogens is 4. The lowest BCUT2D eigenvalue weighted by molar-refractivity contribution is -0.179. The molecule has 0 spiro atoms. The van der Waals surface area contributed by atoms with Crippen LogP contribution in [0.5, 0.6) is 0 Å². The SMILES string of the molecule is NC1CCCC2CN(C(=O)C(F)(F)C(F)F)CC12. The van der Waals surface area contributed by atoms with Gasteiger partial charge in [0.2, 0.25) is 0 Å². The van der Waals surface area contributed by atoms with Crippen LogP contribution in [-0.4, -0.2) is 42.3 Å². The maximum Gasteiger partial charge on any atom is 0.383 e. The Bertz CT molecular complexity index is 337. The van der Waals surface area contributed by atoms with Crippen LogP contribution in [-0.2, 0) is 4.79 Å². The Morgan fingerprint density at radius 2 is 1.94 bits per heavy atom. The summed E-state index contributed by atoms with van der Waals surface area (Å²) in [5.74, 6) is -6.31. The molecule has 0 aromatic carbocycles. The molecule has 1 saturated carbocycles. The quantitative estimate of drug-likeness (QED) is 0.771. The number of likely N-dealkylation sites (tertiary alicyclic amines) is 1. The number of carbonyl (C=O) groups is 1. The van der Waals surface area contributed by atoms with E-state index in [1.54, 1.807) is 0 Å². The van der Waals surface area contributed by atoms with Gasteiger partial charge in [-0.25, -0.2) is 8.78 Å². The molecule has 0 radical (unpaired) electrons. The van der Waals surface area contributed by atoms with Crippen molar-refractivity contribution in [1.29, 1.82) is 0 Å². The first kappa shape index (κ1) is 13.6. The molecule has 2 N–H and O–H groups in total. The van der Waals surface area contributed by atoms with Crippen molar-refractivity contribution < 1.29 is 22.4 Å². The summed E-state index contributed by atoms with van der Waals surface area (Å²) in [5, 5.41) is 0. The molecule has 7 heteroatoms. The molecular formula is C11H16F4N2O. The second-order valence-corrected chi connectivity index (χ2v) is 5.15. The van der Waals surface area contributed by atoms with E-state index in [-0.39, 0.29) is 31.0 Å². The molecular weight excluding hydrogens is 252 g/mol. The van der Waals surface area contributed by atoms with Crippen molar-refractivity contribution in [3.63, 3.8) is 0 Å². The van der Waals surface area contributed by atoms with E-state index in [1.165, 1.54) is 0 Å². The minimum Gasteiger partial charge on any atom is -0.337 e. The molecule has 0 bridgehead atoms. The van der Waals surface area contributed by atoms with E-state index >= 15 is 0 Å². The van der Waals surface area contributed by atoms with Crippen molar-refractivity contribution in [2.24, 2.45) is 17.6 Å². The predicted molar refractivity (Wildman–Crippen MR) is 56.3 cm³/mol. The molecule has 3 atom stereocenters. The van der Waals surface area contributed by atoms with Gasteiger partial charge in [0, 0.05) is 19.1 Å². The number of hydrogen-bond donors (Lipinski definition) is 1. The highest BCUT2D eigenvalue weighted by Crippen LogP contribution is 2.37. The van der Waals surface area contributed by atoms with E-state index in [9.17, 15) is 22.4 Å². The monoisotopic (exact) mass is 268 g/mol. The van der Waals surface area contributed by atoms with Gasteiger partial charge in [-0.05, 0) is 24.7 Å². The number of fused-ring (bicyclic) bond motifs is 1. The van der Waals surface area contributed by atoms with Crippen LogP contribution < -0.4 is 5.73 Å². The molecule has 1 aliphatic heterocycles. The average Bonchev–Trinajstić information content (AvgIpc) is 2.73. The molecule has 1 amide bonds. The smallest absolute Gasteiger partial charge is 0.337 e. The molecule has 1 aliphatic carbocycles. The van der Waals surface area contributed by atoms with Crippen molar-refractivity contribution in [1.82, 2.24) is 4.90 Å². The van der Waals surface area contributed by atoms with Gasteiger partial charge in [0.1, 0.15) is 0 Å². The van der Waals surface area contributed by atoms with Gasteiger partial charge in [-0.3, -0.25) is 4.79 Å². The summed E-state index contributed by atoms with van der Waals surface area (Å²) in [6.45, 7) is 0.201. The molecule has 1 saturated heterocycles. The van der Waals surface area contributed by atoms with Gasteiger partial charge in [-0.1, -0.05) is 6.42 Å². The Labute approximate surface area is 102 Å². The highest BCUT2D eigenvalue weighted by molar-refractivity contribution is 5.84. The topological polar surface area (TPSA) is 46.3 Å². The summed E-state index contributed by atoms with van der Waals surface area (Å²) in [7, 11) is 0. The fraction of sp³-hybridized carbons (Fsp3) is 0.909. The van der Waals surface area contributed by atoms with Gasteiger partial charge in [0.15, 0.2) is 0 Å². The molecule has 3 unspecified atom stereocenters. The summed E-state index contributed by atoms with van der Waals surface area (Å²) >= 11 is 0. The lowest BCUT2D eigenvalue weighted by Gasteiger charge is -2.29. The van der Waals surface area contributed by atoms with Crippen LogP contribution in [0, 0.1) is 11.8 Å². The zero-order valence-electron chi connectivity index (χ0n) is 9.79. The summed E-state index contributed by atoms with van der Waals surface area (Å²) < 4.78 is 50.3. The summed E-state index contributed by atoms with van der Waals surface area (Å²) in [4.78, 5) is 12.3.